The number of benzene rings is 2. The number of methoxy groups -OCH3 is 1. The SMILES string of the molecule is COc1ccc(-c2nc(SCC(=O)NC(=O)Cc3ccccc3)n[nH]2)cc1. The minimum atomic E-state index is -0.378. The van der Waals surface area contributed by atoms with Crippen LogP contribution in [0.1, 0.15) is 5.56 Å². The first-order valence-electron chi connectivity index (χ1n) is 8.20. The number of hydrogen-bond donors (Lipinski definition) is 2. The van der Waals surface area contributed by atoms with Crippen molar-refractivity contribution in [1.82, 2.24) is 20.5 Å². The van der Waals surface area contributed by atoms with Gasteiger partial charge in [0.15, 0.2) is 5.82 Å². The predicted molar refractivity (Wildman–Crippen MR) is 102 cm³/mol. The zero-order valence-electron chi connectivity index (χ0n) is 14.6. The molecule has 138 valence electrons. The van der Waals surface area contributed by atoms with Crippen molar-refractivity contribution in [3.8, 4) is 17.1 Å². The van der Waals surface area contributed by atoms with E-state index in [9.17, 15) is 9.59 Å². The van der Waals surface area contributed by atoms with Crippen molar-refractivity contribution in [1.29, 1.82) is 0 Å². The van der Waals surface area contributed by atoms with Gasteiger partial charge in [-0.15, -0.1) is 5.10 Å². The molecule has 0 aliphatic carbocycles. The van der Waals surface area contributed by atoms with E-state index in [4.69, 9.17) is 4.74 Å². The highest BCUT2D eigenvalue weighted by Gasteiger charge is 2.12. The molecule has 8 heteroatoms. The molecule has 27 heavy (non-hydrogen) atoms. The van der Waals surface area contributed by atoms with E-state index in [2.05, 4.69) is 20.5 Å². The topological polar surface area (TPSA) is 97.0 Å². The van der Waals surface area contributed by atoms with E-state index in [0.29, 0.717) is 11.0 Å². The van der Waals surface area contributed by atoms with E-state index < -0.39 is 0 Å². The summed E-state index contributed by atoms with van der Waals surface area (Å²) >= 11 is 1.16. The number of ether oxygens (including phenoxy) is 1. The van der Waals surface area contributed by atoms with Crippen LogP contribution in [0.4, 0.5) is 0 Å². The van der Waals surface area contributed by atoms with E-state index in [0.717, 1.165) is 28.6 Å². The lowest BCUT2D eigenvalue weighted by Crippen LogP contribution is -2.33. The Balaban J connectivity index is 1.49. The molecule has 2 amide bonds. The molecule has 2 aromatic carbocycles. The minimum absolute atomic E-state index is 0.0560. The molecule has 3 rings (SSSR count). The molecule has 0 aliphatic heterocycles. The van der Waals surface area contributed by atoms with Gasteiger partial charge >= 0.3 is 0 Å². The summed E-state index contributed by atoms with van der Waals surface area (Å²) in [6.07, 6.45) is 0.166. The summed E-state index contributed by atoms with van der Waals surface area (Å²) < 4.78 is 5.12. The number of nitrogens with one attached hydrogen (secondary N) is 2. The van der Waals surface area contributed by atoms with Gasteiger partial charge in [-0.25, -0.2) is 4.98 Å². The lowest BCUT2D eigenvalue weighted by Gasteiger charge is -2.03. The summed E-state index contributed by atoms with van der Waals surface area (Å²) in [5.41, 5.74) is 1.71. The molecular formula is C19H18N4O3S. The summed E-state index contributed by atoms with van der Waals surface area (Å²) in [5, 5.41) is 9.73. The molecule has 3 aromatic rings. The van der Waals surface area contributed by atoms with Crippen LogP contribution in [0.25, 0.3) is 11.4 Å². The predicted octanol–water partition coefficient (Wildman–Crippen LogP) is 2.46. The zero-order chi connectivity index (χ0) is 19.1. The monoisotopic (exact) mass is 382 g/mol. The van der Waals surface area contributed by atoms with Gasteiger partial charge in [0.05, 0.1) is 19.3 Å². The number of nitrogens with zero attached hydrogens (tertiary/aromatic N) is 2. The molecule has 0 atom stereocenters. The van der Waals surface area contributed by atoms with Gasteiger partial charge in [-0.05, 0) is 29.8 Å². The molecule has 0 unspecified atom stereocenters. The number of aromatic amines is 1. The van der Waals surface area contributed by atoms with Crippen molar-refractivity contribution in [3.63, 3.8) is 0 Å². The van der Waals surface area contributed by atoms with Gasteiger partial charge in [0.2, 0.25) is 17.0 Å². The Morgan fingerprint density at radius 2 is 1.81 bits per heavy atom. The highest BCUT2D eigenvalue weighted by molar-refractivity contribution is 7.99. The molecule has 0 fully saturated rings. The Hall–Kier alpha value is -3.13. The van der Waals surface area contributed by atoms with E-state index in [-0.39, 0.29) is 24.0 Å². The highest BCUT2D eigenvalue weighted by Crippen LogP contribution is 2.21. The van der Waals surface area contributed by atoms with Gasteiger partial charge in [-0.2, -0.15) is 0 Å². The van der Waals surface area contributed by atoms with Gasteiger partial charge in [0, 0.05) is 5.56 Å². The number of hydrogen-bond acceptors (Lipinski definition) is 6. The summed E-state index contributed by atoms with van der Waals surface area (Å²) in [5.74, 6) is 0.698. The number of carbonyl (C=O) groups is 2. The number of amides is 2. The Kier molecular flexibility index (Phi) is 6.22. The largest absolute Gasteiger partial charge is 0.497 e. The van der Waals surface area contributed by atoms with Gasteiger partial charge in [-0.1, -0.05) is 42.1 Å². The smallest absolute Gasteiger partial charge is 0.237 e. The molecule has 0 spiro atoms. The first-order chi connectivity index (χ1) is 13.1. The highest BCUT2D eigenvalue weighted by atomic mass is 32.2. The molecule has 1 aromatic heterocycles. The van der Waals surface area contributed by atoms with Crippen LogP contribution in [-0.4, -0.2) is 39.9 Å². The van der Waals surface area contributed by atoms with Crippen molar-refractivity contribution in [2.75, 3.05) is 12.9 Å². The molecule has 0 saturated carbocycles. The van der Waals surface area contributed by atoms with Crippen molar-refractivity contribution < 1.29 is 14.3 Å². The van der Waals surface area contributed by atoms with Crippen LogP contribution in [0.2, 0.25) is 0 Å². The maximum Gasteiger partial charge on any atom is 0.237 e. The summed E-state index contributed by atoms with van der Waals surface area (Å²) in [6, 6.07) is 16.6. The fraction of sp³-hybridized carbons (Fsp3) is 0.158. The first-order valence-corrected chi connectivity index (χ1v) is 9.19. The Morgan fingerprint density at radius 1 is 1.07 bits per heavy atom. The van der Waals surface area contributed by atoms with Gasteiger partial charge in [-0.3, -0.25) is 20.0 Å². The lowest BCUT2D eigenvalue weighted by molar-refractivity contribution is -0.128. The Bertz CT molecular complexity index is 910. The second kappa shape index (κ2) is 9.00. The summed E-state index contributed by atoms with van der Waals surface area (Å²) in [7, 11) is 1.61. The molecular weight excluding hydrogens is 364 g/mol. The van der Waals surface area contributed by atoms with E-state index in [1.54, 1.807) is 7.11 Å². The van der Waals surface area contributed by atoms with Crippen molar-refractivity contribution in [3.05, 3.63) is 60.2 Å². The number of carbonyl (C=O) groups excluding carboxylic acids is 2. The van der Waals surface area contributed by atoms with Crippen LogP contribution in [0.15, 0.2) is 59.8 Å². The third-order valence-corrected chi connectivity index (χ3v) is 4.49. The van der Waals surface area contributed by atoms with Crippen molar-refractivity contribution >= 4 is 23.6 Å². The molecule has 0 saturated heterocycles. The second-order valence-corrected chi connectivity index (χ2v) is 6.56. The molecule has 1 heterocycles. The number of H-pyrrole nitrogens is 1. The van der Waals surface area contributed by atoms with Crippen molar-refractivity contribution in [2.24, 2.45) is 0 Å². The summed E-state index contributed by atoms with van der Waals surface area (Å²) in [4.78, 5) is 28.2. The number of aromatic nitrogens is 3. The van der Waals surface area contributed by atoms with Crippen molar-refractivity contribution in [2.45, 2.75) is 11.6 Å². The van der Waals surface area contributed by atoms with Crippen LogP contribution in [0.3, 0.4) is 0 Å². The Morgan fingerprint density at radius 3 is 2.52 bits per heavy atom. The first kappa shape index (κ1) is 18.7. The lowest BCUT2D eigenvalue weighted by atomic mass is 10.1. The van der Waals surface area contributed by atoms with E-state index in [1.165, 1.54) is 0 Å². The zero-order valence-corrected chi connectivity index (χ0v) is 15.5. The van der Waals surface area contributed by atoms with Gasteiger partial charge < -0.3 is 4.74 Å². The number of thioether (sulfide) groups is 1. The average Bonchev–Trinajstić information content (AvgIpc) is 3.16. The van der Waals surface area contributed by atoms with E-state index in [1.807, 2.05) is 54.6 Å². The number of imide groups is 1. The van der Waals surface area contributed by atoms with Crippen LogP contribution >= 0.6 is 11.8 Å². The summed E-state index contributed by atoms with van der Waals surface area (Å²) in [6.45, 7) is 0. The second-order valence-electron chi connectivity index (χ2n) is 5.62. The quantitative estimate of drug-likeness (QED) is 0.609. The van der Waals surface area contributed by atoms with E-state index >= 15 is 0 Å². The third kappa shape index (κ3) is 5.42. The molecule has 2 N–H and O–H groups in total. The van der Waals surface area contributed by atoms with Crippen LogP contribution in [0, 0.1) is 0 Å². The van der Waals surface area contributed by atoms with Crippen LogP contribution < -0.4 is 10.1 Å². The normalized spacial score (nSPS) is 10.4. The van der Waals surface area contributed by atoms with Crippen LogP contribution in [0.5, 0.6) is 5.75 Å². The fourth-order valence-corrected chi connectivity index (χ4v) is 2.93. The fourth-order valence-electron chi connectivity index (χ4n) is 2.34. The maximum absolute atomic E-state index is 11.9. The standard InChI is InChI=1S/C19H18N4O3S/c1-26-15-9-7-14(8-10-15)18-21-19(23-22-18)27-12-17(25)20-16(24)11-13-5-3-2-4-6-13/h2-10H,11-12H2,1H3,(H,20,24,25)(H,21,22,23). The minimum Gasteiger partial charge on any atom is -0.497 e. The molecule has 0 aliphatic rings. The number of rotatable bonds is 7. The molecule has 0 radical (unpaired) electrons. The maximum atomic E-state index is 11.9. The molecule has 7 nitrogen and oxygen atoms in total. The molecule has 0 bridgehead atoms. The van der Waals surface area contributed by atoms with Gasteiger partial charge in [0.1, 0.15) is 5.75 Å². The van der Waals surface area contributed by atoms with Gasteiger partial charge in [0.25, 0.3) is 0 Å². The average molecular weight is 382 g/mol. The third-order valence-electron chi connectivity index (χ3n) is 3.65. The van der Waals surface area contributed by atoms with Crippen LogP contribution in [-0.2, 0) is 16.0 Å². The Labute approximate surface area is 160 Å².